The molecule has 2 aromatic rings. The van der Waals surface area contributed by atoms with Gasteiger partial charge in [0.05, 0.1) is 17.2 Å². The molecule has 0 amide bonds. The third kappa shape index (κ3) is 4.66. The number of nitrogens with zero attached hydrogens (tertiary/aromatic N) is 3. The quantitative estimate of drug-likeness (QED) is 0.559. The van der Waals surface area contributed by atoms with Crippen molar-refractivity contribution in [1.82, 2.24) is 9.97 Å². The van der Waals surface area contributed by atoms with E-state index in [-0.39, 0.29) is 12.2 Å². The number of thioether (sulfide) groups is 1. The summed E-state index contributed by atoms with van der Waals surface area (Å²) in [6, 6.07) is 9.81. The number of morpholine rings is 1. The Hall–Kier alpha value is -1.30. The number of halogens is 1. The van der Waals surface area contributed by atoms with Crippen LogP contribution in [0, 0.1) is 0 Å². The molecule has 1 aromatic heterocycles. The molecule has 4 nitrogen and oxygen atoms in total. The fourth-order valence-electron chi connectivity index (χ4n) is 3.00. The van der Waals surface area contributed by atoms with Gasteiger partial charge in [0.2, 0.25) is 0 Å². The normalized spacial score (nSPS) is 21.0. The lowest BCUT2D eigenvalue weighted by Gasteiger charge is -2.36. The second-order valence-corrected chi connectivity index (χ2v) is 8.70. The summed E-state index contributed by atoms with van der Waals surface area (Å²) in [6.45, 7) is 10.2. The van der Waals surface area contributed by atoms with Crippen molar-refractivity contribution in [2.45, 2.75) is 50.2 Å². The van der Waals surface area contributed by atoms with Gasteiger partial charge in [-0.15, -0.1) is 11.8 Å². The Balaban J connectivity index is 2.02. The topological polar surface area (TPSA) is 38.2 Å². The van der Waals surface area contributed by atoms with E-state index in [0.717, 1.165) is 29.5 Å². The first-order valence-electron chi connectivity index (χ1n) is 8.63. The standard InChI is InChI=1S/C19H24ClN3OS/c1-12(2)25-18-9-17(23-10-13(3)24-14(4)11-23)21-19(22-18)15-7-5-6-8-16(15)20/h5-9,12-14H,10-11H2,1-4H3. The van der Waals surface area contributed by atoms with Gasteiger partial charge in [-0.25, -0.2) is 9.97 Å². The van der Waals surface area contributed by atoms with E-state index in [9.17, 15) is 0 Å². The maximum atomic E-state index is 6.38. The van der Waals surface area contributed by atoms with Crippen LogP contribution in [0.15, 0.2) is 35.4 Å². The SMILES string of the molecule is CC1CN(c2cc(SC(C)C)nc(-c3ccccc3Cl)n2)CC(C)O1. The van der Waals surface area contributed by atoms with Gasteiger partial charge in [-0.1, -0.05) is 37.6 Å². The maximum absolute atomic E-state index is 6.38. The molecule has 0 saturated carbocycles. The van der Waals surface area contributed by atoms with Crippen LogP contribution in [0.25, 0.3) is 11.4 Å². The van der Waals surface area contributed by atoms with Gasteiger partial charge in [0.25, 0.3) is 0 Å². The summed E-state index contributed by atoms with van der Waals surface area (Å²) in [5.41, 5.74) is 0.867. The van der Waals surface area contributed by atoms with E-state index in [0.29, 0.717) is 16.1 Å². The molecule has 134 valence electrons. The van der Waals surface area contributed by atoms with Gasteiger partial charge in [0.15, 0.2) is 5.82 Å². The Morgan fingerprint density at radius 2 is 1.84 bits per heavy atom. The van der Waals surface area contributed by atoms with Crippen LogP contribution < -0.4 is 4.90 Å². The first kappa shape index (κ1) is 18.5. The van der Waals surface area contributed by atoms with Gasteiger partial charge >= 0.3 is 0 Å². The van der Waals surface area contributed by atoms with E-state index in [4.69, 9.17) is 26.3 Å². The molecule has 0 aliphatic carbocycles. The summed E-state index contributed by atoms with van der Waals surface area (Å²) in [5, 5.41) is 2.09. The summed E-state index contributed by atoms with van der Waals surface area (Å²) in [7, 11) is 0. The number of ether oxygens (including phenoxy) is 1. The van der Waals surface area contributed by atoms with E-state index < -0.39 is 0 Å². The average molecular weight is 378 g/mol. The molecule has 3 rings (SSSR count). The lowest BCUT2D eigenvalue weighted by atomic mass is 10.2. The Labute approximate surface area is 159 Å². The second-order valence-electron chi connectivity index (χ2n) is 6.70. The van der Waals surface area contributed by atoms with Crippen molar-refractivity contribution in [2.75, 3.05) is 18.0 Å². The highest BCUT2D eigenvalue weighted by molar-refractivity contribution is 7.99. The summed E-state index contributed by atoms with van der Waals surface area (Å²) >= 11 is 8.12. The number of anilines is 1. The van der Waals surface area contributed by atoms with Crippen molar-refractivity contribution < 1.29 is 4.74 Å². The van der Waals surface area contributed by atoms with Crippen LogP contribution in [0.3, 0.4) is 0 Å². The van der Waals surface area contributed by atoms with Gasteiger partial charge < -0.3 is 9.64 Å². The Kier molecular flexibility index (Phi) is 5.87. The number of aromatic nitrogens is 2. The summed E-state index contributed by atoms with van der Waals surface area (Å²) < 4.78 is 5.86. The number of rotatable bonds is 4. The fraction of sp³-hybridized carbons (Fsp3) is 0.474. The lowest BCUT2D eigenvalue weighted by Crippen LogP contribution is -2.45. The van der Waals surface area contributed by atoms with E-state index in [1.54, 1.807) is 11.8 Å². The molecule has 2 heterocycles. The zero-order chi connectivity index (χ0) is 18.0. The van der Waals surface area contributed by atoms with E-state index in [2.05, 4.69) is 38.7 Å². The number of hydrogen-bond donors (Lipinski definition) is 0. The molecule has 0 spiro atoms. The van der Waals surface area contributed by atoms with Gasteiger partial charge in [-0.2, -0.15) is 0 Å². The smallest absolute Gasteiger partial charge is 0.164 e. The minimum Gasteiger partial charge on any atom is -0.372 e. The number of hydrogen-bond acceptors (Lipinski definition) is 5. The summed E-state index contributed by atoms with van der Waals surface area (Å²) in [4.78, 5) is 11.9. The molecule has 25 heavy (non-hydrogen) atoms. The first-order chi connectivity index (χ1) is 11.9. The van der Waals surface area contributed by atoms with Gasteiger partial charge in [0, 0.05) is 30.0 Å². The molecule has 1 saturated heterocycles. The van der Waals surface area contributed by atoms with Crippen molar-refractivity contribution in [1.29, 1.82) is 0 Å². The zero-order valence-corrected chi connectivity index (χ0v) is 16.6. The third-order valence-electron chi connectivity index (χ3n) is 3.90. The number of benzene rings is 1. The van der Waals surface area contributed by atoms with Gasteiger partial charge in [-0.3, -0.25) is 0 Å². The molecule has 0 radical (unpaired) electrons. The minimum absolute atomic E-state index is 0.184. The van der Waals surface area contributed by atoms with Crippen LogP contribution in [0.2, 0.25) is 5.02 Å². The van der Waals surface area contributed by atoms with Crippen LogP contribution >= 0.6 is 23.4 Å². The molecule has 0 N–H and O–H groups in total. The Morgan fingerprint density at radius 3 is 2.48 bits per heavy atom. The average Bonchev–Trinajstić information content (AvgIpc) is 2.53. The monoisotopic (exact) mass is 377 g/mol. The largest absolute Gasteiger partial charge is 0.372 e. The van der Waals surface area contributed by atoms with Crippen molar-refractivity contribution in [2.24, 2.45) is 0 Å². The van der Waals surface area contributed by atoms with Gasteiger partial charge in [0.1, 0.15) is 10.8 Å². The van der Waals surface area contributed by atoms with Crippen molar-refractivity contribution in [3.8, 4) is 11.4 Å². The highest BCUT2D eigenvalue weighted by Crippen LogP contribution is 2.31. The molecule has 1 fully saturated rings. The first-order valence-corrected chi connectivity index (χ1v) is 9.89. The van der Waals surface area contributed by atoms with Crippen LogP contribution in [0.5, 0.6) is 0 Å². The third-order valence-corrected chi connectivity index (χ3v) is 5.16. The Bertz CT molecular complexity index is 730. The minimum atomic E-state index is 0.184. The van der Waals surface area contributed by atoms with Crippen molar-refractivity contribution in [3.63, 3.8) is 0 Å². The highest BCUT2D eigenvalue weighted by Gasteiger charge is 2.24. The van der Waals surface area contributed by atoms with E-state index >= 15 is 0 Å². The summed E-state index contributed by atoms with van der Waals surface area (Å²) in [6.07, 6.45) is 0.368. The molecule has 6 heteroatoms. The van der Waals surface area contributed by atoms with E-state index in [1.807, 2.05) is 24.3 Å². The van der Waals surface area contributed by atoms with Crippen LogP contribution in [-0.2, 0) is 4.74 Å². The predicted octanol–water partition coefficient (Wildman–Crippen LogP) is 4.91. The predicted molar refractivity (Wildman–Crippen MR) is 106 cm³/mol. The van der Waals surface area contributed by atoms with Crippen molar-refractivity contribution in [3.05, 3.63) is 35.4 Å². The molecule has 0 bridgehead atoms. The molecule has 2 unspecified atom stereocenters. The fourth-order valence-corrected chi connectivity index (χ4v) is 4.02. The maximum Gasteiger partial charge on any atom is 0.164 e. The summed E-state index contributed by atoms with van der Waals surface area (Å²) in [5.74, 6) is 1.62. The van der Waals surface area contributed by atoms with E-state index in [1.165, 1.54) is 0 Å². The highest BCUT2D eigenvalue weighted by atomic mass is 35.5. The van der Waals surface area contributed by atoms with Crippen LogP contribution in [-0.4, -0.2) is 40.5 Å². The molecule has 1 aliphatic heterocycles. The molecule has 1 aliphatic rings. The Morgan fingerprint density at radius 1 is 1.16 bits per heavy atom. The van der Waals surface area contributed by atoms with Crippen molar-refractivity contribution >= 4 is 29.2 Å². The van der Waals surface area contributed by atoms with Crippen LogP contribution in [0.1, 0.15) is 27.7 Å². The zero-order valence-electron chi connectivity index (χ0n) is 15.1. The molecule has 1 aromatic carbocycles. The lowest BCUT2D eigenvalue weighted by molar-refractivity contribution is -0.00547. The molecule has 2 atom stereocenters. The van der Waals surface area contributed by atoms with Crippen LogP contribution in [0.4, 0.5) is 5.82 Å². The molecular formula is C19H24ClN3OS. The van der Waals surface area contributed by atoms with Gasteiger partial charge in [-0.05, 0) is 26.0 Å². The molecular weight excluding hydrogens is 354 g/mol. The second kappa shape index (κ2) is 7.94.